The highest BCUT2D eigenvalue weighted by molar-refractivity contribution is 7.45. The number of hydrogen-bond donors (Lipinski definition) is 0. The summed E-state index contributed by atoms with van der Waals surface area (Å²) in [6, 6.07) is 0. The molecule has 2 atom stereocenters. The van der Waals surface area contributed by atoms with Crippen molar-refractivity contribution >= 4 is 19.8 Å². The third kappa shape index (κ3) is 56.5. The fraction of sp³-hybridized carbons (Fsp3) is 0.742. The maximum absolute atomic E-state index is 12.7. The van der Waals surface area contributed by atoms with Crippen LogP contribution in [0.25, 0.3) is 0 Å². The number of esters is 2. The molecule has 0 spiro atoms. The van der Waals surface area contributed by atoms with E-state index in [4.69, 9.17) is 18.5 Å². The van der Waals surface area contributed by atoms with Gasteiger partial charge in [0, 0.05) is 12.8 Å². The van der Waals surface area contributed by atoms with Gasteiger partial charge in [-0.1, -0.05) is 227 Å². The van der Waals surface area contributed by atoms with Crippen molar-refractivity contribution in [2.45, 2.75) is 251 Å². The minimum absolute atomic E-state index is 0.0417. The van der Waals surface area contributed by atoms with E-state index in [0.29, 0.717) is 17.4 Å². The van der Waals surface area contributed by atoms with Gasteiger partial charge in [0.1, 0.15) is 19.8 Å². The van der Waals surface area contributed by atoms with Crippen molar-refractivity contribution in [2.75, 3.05) is 47.5 Å². The van der Waals surface area contributed by atoms with Crippen LogP contribution >= 0.6 is 7.82 Å². The molecular weight excluding hydrogens is 918 g/mol. The Morgan fingerprint density at radius 1 is 0.444 bits per heavy atom. The SMILES string of the molecule is CC/C=C\C/C=C\C/C=C\C/C=C\CCCCC(=O)OC(COC(=O)CCCCCCCCCCCCCCCCCCCC/C=C\C/C=C\C/C=C\CCCCCCC)COP(=O)([O-])OCC[N+](C)(C)C. The number of carbonyl (C=O) groups excluding carboxylic acids is 2. The van der Waals surface area contributed by atoms with Gasteiger partial charge in [-0.25, -0.2) is 0 Å². The normalized spacial score (nSPS) is 13.9. The summed E-state index contributed by atoms with van der Waals surface area (Å²) in [5.74, 6) is -0.881. The van der Waals surface area contributed by atoms with Crippen LogP contribution in [-0.2, 0) is 32.7 Å². The first kappa shape index (κ1) is 69.2. The average Bonchev–Trinajstić information content (AvgIpc) is 3.34. The van der Waals surface area contributed by atoms with Crippen molar-refractivity contribution in [3.05, 3.63) is 85.1 Å². The van der Waals surface area contributed by atoms with E-state index in [0.717, 1.165) is 70.6 Å². The van der Waals surface area contributed by atoms with Gasteiger partial charge >= 0.3 is 11.9 Å². The molecule has 0 aliphatic rings. The van der Waals surface area contributed by atoms with E-state index in [1.807, 2.05) is 21.1 Å². The second-order valence-electron chi connectivity index (χ2n) is 20.6. The largest absolute Gasteiger partial charge is 0.756 e. The van der Waals surface area contributed by atoms with E-state index >= 15 is 0 Å². The van der Waals surface area contributed by atoms with Crippen molar-refractivity contribution in [1.82, 2.24) is 0 Å². The van der Waals surface area contributed by atoms with Gasteiger partial charge in [-0.05, 0) is 89.9 Å². The number of allylic oxidation sites excluding steroid dienone is 14. The van der Waals surface area contributed by atoms with Crippen LogP contribution in [-0.4, -0.2) is 70.0 Å². The number of quaternary nitrogens is 1. The van der Waals surface area contributed by atoms with E-state index in [1.54, 1.807) is 0 Å². The lowest BCUT2D eigenvalue weighted by molar-refractivity contribution is -0.870. The van der Waals surface area contributed by atoms with Gasteiger partial charge in [-0.15, -0.1) is 0 Å². The number of unbranched alkanes of at least 4 members (excludes halogenated alkanes) is 25. The second kappa shape index (κ2) is 53.0. The highest BCUT2D eigenvalue weighted by Crippen LogP contribution is 2.38. The van der Waals surface area contributed by atoms with E-state index in [1.165, 1.54) is 141 Å². The van der Waals surface area contributed by atoms with Crippen LogP contribution in [0.4, 0.5) is 0 Å². The molecule has 10 heteroatoms. The average molecular weight is 1030 g/mol. The number of hydrogen-bond acceptors (Lipinski definition) is 8. The van der Waals surface area contributed by atoms with Crippen molar-refractivity contribution in [3.8, 4) is 0 Å². The van der Waals surface area contributed by atoms with Crippen LogP contribution in [0, 0.1) is 0 Å². The number of phosphoric ester groups is 1. The summed E-state index contributed by atoms with van der Waals surface area (Å²) < 4.78 is 34.0. The van der Waals surface area contributed by atoms with Gasteiger partial charge in [-0.2, -0.15) is 0 Å². The highest BCUT2D eigenvalue weighted by atomic mass is 31.2. The Morgan fingerprint density at radius 3 is 1.21 bits per heavy atom. The quantitative estimate of drug-likeness (QED) is 0.0195. The van der Waals surface area contributed by atoms with Gasteiger partial charge in [0.2, 0.25) is 0 Å². The van der Waals surface area contributed by atoms with Crippen LogP contribution in [0.2, 0.25) is 0 Å². The Bertz CT molecular complexity index is 1490. The molecule has 9 nitrogen and oxygen atoms in total. The summed E-state index contributed by atoms with van der Waals surface area (Å²) in [4.78, 5) is 37.8. The van der Waals surface area contributed by atoms with Crippen LogP contribution in [0.1, 0.15) is 245 Å². The van der Waals surface area contributed by atoms with Crippen LogP contribution < -0.4 is 4.89 Å². The molecule has 416 valence electrons. The summed E-state index contributed by atoms with van der Waals surface area (Å²) in [6.07, 6.45) is 70.8. The lowest BCUT2D eigenvalue weighted by Crippen LogP contribution is -2.37. The molecule has 0 aliphatic heterocycles. The van der Waals surface area contributed by atoms with Gasteiger partial charge in [-0.3, -0.25) is 14.2 Å². The second-order valence-corrected chi connectivity index (χ2v) is 22.0. The Balaban J connectivity index is 4.05. The Kier molecular flexibility index (Phi) is 51.0. The zero-order valence-corrected chi connectivity index (χ0v) is 48.0. The smallest absolute Gasteiger partial charge is 0.306 e. The molecular formula is C62H110NO8P. The first-order valence-corrected chi connectivity index (χ1v) is 30.8. The van der Waals surface area contributed by atoms with Gasteiger partial charge in [0.25, 0.3) is 7.82 Å². The van der Waals surface area contributed by atoms with Gasteiger partial charge < -0.3 is 27.9 Å². The first-order valence-electron chi connectivity index (χ1n) is 29.3. The third-order valence-corrected chi connectivity index (χ3v) is 13.4. The number of likely N-dealkylation sites (N-methyl/N-ethyl adjacent to an activating group) is 1. The topological polar surface area (TPSA) is 111 Å². The molecule has 0 radical (unpaired) electrons. The van der Waals surface area contributed by atoms with Crippen molar-refractivity contribution in [1.29, 1.82) is 0 Å². The molecule has 0 amide bonds. The lowest BCUT2D eigenvalue weighted by Gasteiger charge is -2.28. The Hall–Kier alpha value is -2.81. The van der Waals surface area contributed by atoms with E-state index < -0.39 is 32.5 Å². The van der Waals surface area contributed by atoms with Gasteiger partial charge in [0.05, 0.1) is 27.7 Å². The minimum atomic E-state index is -4.65. The van der Waals surface area contributed by atoms with Crippen LogP contribution in [0.15, 0.2) is 85.1 Å². The lowest BCUT2D eigenvalue weighted by atomic mass is 10.0. The van der Waals surface area contributed by atoms with Crippen molar-refractivity contribution in [3.63, 3.8) is 0 Å². The molecule has 0 saturated heterocycles. The highest BCUT2D eigenvalue weighted by Gasteiger charge is 2.21. The number of phosphoric acid groups is 1. The fourth-order valence-corrected chi connectivity index (χ4v) is 8.62. The molecule has 0 aromatic carbocycles. The molecule has 0 heterocycles. The fourth-order valence-electron chi connectivity index (χ4n) is 7.89. The molecule has 0 N–H and O–H groups in total. The molecule has 0 rings (SSSR count). The number of ether oxygens (including phenoxy) is 2. The Labute approximate surface area is 443 Å². The summed E-state index contributed by atoms with van der Waals surface area (Å²) >= 11 is 0. The molecule has 72 heavy (non-hydrogen) atoms. The molecule has 0 saturated carbocycles. The van der Waals surface area contributed by atoms with Gasteiger partial charge in [0.15, 0.2) is 6.10 Å². The predicted molar refractivity (Wildman–Crippen MR) is 305 cm³/mol. The maximum Gasteiger partial charge on any atom is 0.306 e. The van der Waals surface area contributed by atoms with E-state index in [2.05, 4.69) is 98.9 Å². The molecule has 0 fully saturated rings. The van der Waals surface area contributed by atoms with E-state index in [9.17, 15) is 19.0 Å². The molecule has 0 aromatic rings. The van der Waals surface area contributed by atoms with Crippen LogP contribution in [0.3, 0.4) is 0 Å². The molecule has 0 bridgehead atoms. The van der Waals surface area contributed by atoms with E-state index in [-0.39, 0.29) is 26.1 Å². The molecule has 0 aromatic heterocycles. The third-order valence-electron chi connectivity index (χ3n) is 12.4. The summed E-state index contributed by atoms with van der Waals surface area (Å²) in [5.41, 5.74) is 0. The van der Waals surface area contributed by atoms with Crippen molar-refractivity contribution < 1.29 is 42.1 Å². The Morgan fingerprint density at radius 2 is 0.792 bits per heavy atom. The first-order chi connectivity index (χ1) is 35.0. The maximum atomic E-state index is 12.7. The zero-order chi connectivity index (χ0) is 52.7. The summed E-state index contributed by atoms with van der Waals surface area (Å²) in [6.45, 7) is 4.06. The number of nitrogens with zero attached hydrogens (tertiary/aromatic N) is 1. The minimum Gasteiger partial charge on any atom is -0.756 e. The number of rotatable bonds is 53. The molecule has 2 unspecified atom stereocenters. The van der Waals surface area contributed by atoms with Crippen molar-refractivity contribution in [2.24, 2.45) is 0 Å². The molecule has 0 aliphatic carbocycles. The zero-order valence-electron chi connectivity index (χ0n) is 47.1. The standard InChI is InChI=1S/C62H110NO8P/c1-6-8-10-12-14-16-18-20-22-23-24-25-26-27-28-29-30-31-32-33-34-35-36-37-38-39-41-42-44-46-48-50-52-54-61(64)68-58-60(59-70-72(66,67)69-57-56-63(3,4)5)71-62(65)55-53-51-49-47-45-43-40-21-19-17-15-13-11-9-7-2/h9,11,15,17-18,20-21,23-24,26-27,40,45,47,60H,6-8,10,12-14,16,19,22,25,28-39,41-44,46,48-59H2,1-5H3/b11-9-,17-15-,20-18-,24-23-,27-26-,40-21-,47-45-. The number of carbonyl (C=O) groups is 2. The van der Waals surface area contributed by atoms with Crippen LogP contribution in [0.5, 0.6) is 0 Å². The monoisotopic (exact) mass is 1030 g/mol. The summed E-state index contributed by atoms with van der Waals surface area (Å²) in [5, 5.41) is 0. The summed E-state index contributed by atoms with van der Waals surface area (Å²) in [7, 11) is 1.13. The predicted octanol–water partition coefficient (Wildman–Crippen LogP) is 17.6.